The molecule has 21 heavy (non-hydrogen) atoms. The molecule has 0 spiro atoms. The third-order valence-corrected chi connectivity index (χ3v) is 3.38. The fraction of sp³-hybridized carbons (Fsp3) is 0.250. The van der Waals surface area contributed by atoms with E-state index in [0.717, 1.165) is 12.1 Å². The molecule has 0 aliphatic rings. The molecule has 0 aliphatic heterocycles. The lowest BCUT2D eigenvalue weighted by molar-refractivity contribution is -0.137. The molecule has 0 bridgehead atoms. The van der Waals surface area contributed by atoms with Gasteiger partial charge in [0.2, 0.25) is 0 Å². The Bertz CT molecular complexity index is 577. The largest absolute Gasteiger partial charge is 0.416 e. The highest BCUT2D eigenvalue weighted by Crippen LogP contribution is 2.32. The van der Waals surface area contributed by atoms with E-state index in [1.54, 1.807) is 30.3 Å². The van der Waals surface area contributed by atoms with Gasteiger partial charge in [0.25, 0.3) is 0 Å². The lowest BCUT2D eigenvalue weighted by atomic mass is 9.89. The Morgan fingerprint density at radius 1 is 0.762 bits per heavy atom. The Kier molecular flexibility index (Phi) is 4.32. The molecule has 0 saturated heterocycles. The summed E-state index contributed by atoms with van der Waals surface area (Å²) in [4.78, 5) is 0. The van der Waals surface area contributed by atoms with Crippen LogP contribution in [0.3, 0.4) is 0 Å². The molecule has 2 N–H and O–H groups in total. The molecule has 0 amide bonds. The first-order chi connectivity index (χ1) is 9.85. The highest BCUT2D eigenvalue weighted by Gasteiger charge is 2.32. The zero-order chi connectivity index (χ0) is 15.5. The van der Waals surface area contributed by atoms with E-state index in [0.29, 0.717) is 11.1 Å². The smallest absolute Gasteiger partial charge is 0.327 e. The van der Waals surface area contributed by atoms with Gasteiger partial charge >= 0.3 is 6.18 Å². The second-order valence-corrected chi connectivity index (χ2v) is 4.91. The molecular formula is C16H15F4N. The number of rotatable bonds is 4. The van der Waals surface area contributed by atoms with Gasteiger partial charge in [0.1, 0.15) is 0 Å². The third-order valence-electron chi connectivity index (χ3n) is 3.38. The Morgan fingerprint density at radius 2 is 1.33 bits per heavy atom. The SMILES string of the molecule is NCC(F)(Cc1ccc(C(F)(F)F)cc1)c1ccccc1. The number of hydrogen-bond acceptors (Lipinski definition) is 1. The third kappa shape index (κ3) is 3.61. The van der Waals surface area contributed by atoms with Gasteiger partial charge < -0.3 is 5.73 Å². The lowest BCUT2D eigenvalue weighted by Gasteiger charge is -2.24. The maximum absolute atomic E-state index is 14.9. The zero-order valence-electron chi connectivity index (χ0n) is 11.2. The second kappa shape index (κ2) is 5.85. The molecule has 2 aromatic rings. The van der Waals surface area contributed by atoms with Gasteiger partial charge in [-0.25, -0.2) is 4.39 Å². The van der Waals surface area contributed by atoms with Gasteiger partial charge in [-0.05, 0) is 23.3 Å². The molecule has 0 radical (unpaired) electrons. The minimum Gasteiger partial charge on any atom is -0.327 e. The van der Waals surface area contributed by atoms with E-state index in [9.17, 15) is 17.6 Å². The summed E-state index contributed by atoms with van der Waals surface area (Å²) in [6.07, 6.45) is -4.45. The number of alkyl halides is 4. The second-order valence-electron chi connectivity index (χ2n) is 4.91. The zero-order valence-corrected chi connectivity index (χ0v) is 11.2. The van der Waals surface area contributed by atoms with Gasteiger partial charge in [0.15, 0.2) is 5.67 Å². The van der Waals surface area contributed by atoms with Gasteiger partial charge in [-0.2, -0.15) is 13.2 Å². The summed E-state index contributed by atoms with van der Waals surface area (Å²) in [5, 5.41) is 0. The van der Waals surface area contributed by atoms with Gasteiger partial charge in [-0.15, -0.1) is 0 Å². The van der Waals surface area contributed by atoms with E-state index in [1.165, 1.54) is 12.1 Å². The fourth-order valence-corrected chi connectivity index (χ4v) is 2.16. The van der Waals surface area contributed by atoms with Crippen molar-refractivity contribution in [2.75, 3.05) is 6.54 Å². The van der Waals surface area contributed by atoms with Crippen molar-refractivity contribution >= 4 is 0 Å². The number of hydrogen-bond donors (Lipinski definition) is 1. The van der Waals surface area contributed by atoms with Crippen LogP contribution >= 0.6 is 0 Å². The quantitative estimate of drug-likeness (QED) is 0.846. The number of halogens is 4. The van der Waals surface area contributed by atoms with Crippen molar-refractivity contribution in [3.05, 3.63) is 71.3 Å². The minimum atomic E-state index is -4.39. The molecule has 1 atom stereocenters. The van der Waals surface area contributed by atoms with Crippen molar-refractivity contribution in [3.8, 4) is 0 Å². The molecule has 0 heterocycles. The van der Waals surface area contributed by atoms with Crippen LogP contribution in [0.2, 0.25) is 0 Å². The Balaban J connectivity index is 2.23. The van der Waals surface area contributed by atoms with Crippen molar-refractivity contribution in [3.63, 3.8) is 0 Å². The summed E-state index contributed by atoms with van der Waals surface area (Å²) >= 11 is 0. The van der Waals surface area contributed by atoms with E-state index >= 15 is 0 Å². The molecule has 0 aliphatic carbocycles. The van der Waals surface area contributed by atoms with Crippen LogP contribution in [0, 0.1) is 0 Å². The number of nitrogens with two attached hydrogens (primary N) is 1. The van der Waals surface area contributed by atoms with Crippen molar-refractivity contribution in [2.24, 2.45) is 5.73 Å². The maximum Gasteiger partial charge on any atom is 0.416 e. The average Bonchev–Trinajstić information content (AvgIpc) is 2.47. The van der Waals surface area contributed by atoms with E-state index in [4.69, 9.17) is 5.73 Å². The molecule has 2 aromatic carbocycles. The predicted octanol–water partition coefficient (Wildman–Crippen LogP) is 4.07. The van der Waals surface area contributed by atoms with Crippen LogP contribution in [0.15, 0.2) is 54.6 Å². The van der Waals surface area contributed by atoms with Gasteiger partial charge in [0.05, 0.1) is 5.56 Å². The molecule has 5 heteroatoms. The molecule has 0 saturated carbocycles. The van der Waals surface area contributed by atoms with Crippen LogP contribution in [0.5, 0.6) is 0 Å². The molecule has 0 aromatic heterocycles. The average molecular weight is 297 g/mol. The monoisotopic (exact) mass is 297 g/mol. The summed E-state index contributed by atoms with van der Waals surface area (Å²) in [5.41, 5.74) is 3.89. The van der Waals surface area contributed by atoms with Crippen LogP contribution in [-0.4, -0.2) is 6.54 Å². The van der Waals surface area contributed by atoms with Crippen molar-refractivity contribution in [2.45, 2.75) is 18.3 Å². The standard InChI is InChI=1S/C16H15F4N/c17-15(11-21,13-4-2-1-3-5-13)10-12-6-8-14(9-7-12)16(18,19)20/h1-9H,10-11,21H2. The van der Waals surface area contributed by atoms with Gasteiger partial charge in [-0.3, -0.25) is 0 Å². The van der Waals surface area contributed by atoms with Gasteiger partial charge in [-0.1, -0.05) is 42.5 Å². The number of benzene rings is 2. The highest BCUT2D eigenvalue weighted by molar-refractivity contribution is 5.30. The summed E-state index contributed by atoms with van der Waals surface area (Å²) in [5.74, 6) is 0. The maximum atomic E-state index is 14.9. The van der Waals surface area contributed by atoms with Crippen LogP contribution in [0.4, 0.5) is 17.6 Å². The summed E-state index contributed by atoms with van der Waals surface area (Å²) in [7, 11) is 0. The lowest BCUT2D eigenvalue weighted by Crippen LogP contribution is -2.32. The first-order valence-electron chi connectivity index (χ1n) is 6.46. The van der Waals surface area contributed by atoms with Crippen LogP contribution in [0.25, 0.3) is 0 Å². The molecule has 1 unspecified atom stereocenters. The summed E-state index contributed by atoms with van der Waals surface area (Å²) in [6.45, 7) is -0.238. The van der Waals surface area contributed by atoms with E-state index < -0.39 is 17.4 Å². The molecule has 112 valence electrons. The topological polar surface area (TPSA) is 26.0 Å². The van der Waals surface area contributed by atoms with Gasteiger partial charge in [0, 0.05) is 13.0 Å². The summed E-state index contributed by atoms with van der Waals surface area (Å²) < 4.78 is 52.4. The molecule has 2 rings (SSSR count). The Labute approximate surface area is 120 Å². The van der Waals surface area contributed by atoms with E-state index in [-0.39, 0.29) is 13.0 Å². The van der Waals surface area contributed by atoms with Crippen LogP contribution in [0.1, 0.15) is 16.7 Å². The Hall–Kier alpha value is -1.88. The molecular weight excluding hydrogens is 282 g/mol. The normalized spacial score (nSPS) is 14.7. The fourth-order valence-electron chi connectivity index (χ4n) is 2.16. The summed E-state index contributed by atoms with van der Waals surface area (Å²) in [6, 6.07) is 12.9. The molecule has 0 fully saturated rings. The first kappa shape index (κ1) is 15.5. The van der Waals surface area contributed by atoms with E-state index in [2.05, 4.69) is 0 Å². The van der Waals surface area contributed by atoms with Crippen molar-refractivity contribution < 1.29 is 17.6 Å². The predicted molar refractivity (Wildman–Crippen MR) is 73.4 cm³/mol. The molecule has 1 nitrogen and oxygen atoms in total. The highest BCUT2D eigenvalue weighted by atomic mass is 19.4. The van der Waals surface area contributed by atoms with Crippen molar-refractivity contribution in [1.82, 2.24) is 0 Å². The Morgan fingerprint density at radius 3 is 1.81 bits per heavy atom. The van der Waals surface area contributed by atoms with E-state index in [1.807, 2.05) is 0 Å². The van der Waals surface area contributed by atoms with Crippen LogP contribution < -0.4 is 5.73 Å². The van der Waals surface area contributed by atoms with Crippen molar-refractivity contribution in [1.29, 1.82) is 0 Å². The minimum absolute atomic E-state index is 0.0638. The first-order valence-corrected chi connectivity index (χ1v) is 6.46. The van der Waals surface area contributed by atoms with Crippen LogP contribution in [-0.2, 0) is 18.3 Å².